The molecule has 3 aromatic carbocycles. The van der Waals surface area contributed by atoms with Crippen LogP contribution in [-0.4, -0.2) is 98.5 Å². The van der Waals surface area contributed by atoms with Gasteiger partial charge in [0.2, 0.25) is 6.41 Å². The first kappa shape index (κ1) is 47.6. The molecular weight excluding hydrogens is 821 g/mol. The number of ether oxygens (including phenoxy) is 8. The summed E-state index contributed by atoms with van der Waals surface area (Å²) < 4.78 is 44.4. The Hall–Kier alpha value is -6.49. The van der Waals surface area contributed by atoms with Gasteiger partial charge in [0, 0.05) is 35.3 Å². The number of carbonyl (C=O) groups excluding carboxylic acids is 5. The van der Waals surface area contributed by atoms with E-state index in [1.54, 1.807) is 39.5 Å². The van der Waals surface area contributed by atoms with Crippen molar-refractivity contribution in [2.45, 2.75) is 96.9 Å². The summed E-state index contributed by atoms with van der Waals surface area (Å²) in [5, 5.41) is 26.1. The Balaban J connectivity index is 0.000000256. The summed E-state index contributed by atoms with van der Waals surface area (Å²) >= 11 is 0. The van der Waals surface area contributed by atoms with Crippen LogP contribution < -0.4 is 34.3 Å². The van der Waals surface area contributed by atoms with Crippen molar-refractivity contribution in [1.29, 1.82) is 0 Å². The van der Waals surface area contributed by atoms with Crippen LogP contribution in [0.5, 0.6) is 34.5 Å². The standard InChI is InChI=1S/C27H38N2O9.C19H18O6/c1-6-7-8-10-19-24(38-21(31)13-15(2)3)17(5)37-27(35)22(16(4)36-26(19)34)29-25(33)18-11-9-12-20(23(18)32)28-14-30;1-21-12-5-4-11-6-14-13-8-17(22-2)18(23-3)9-16(13)24-10-19(14,20)25-15(11)7-12/h9,11-12,14-17,19,22,24,32H,6-8,10,13H2,1-5H3,(H,28,30)(H,29,33);4-9,20H,10H2,1-3H3. The molecule has 0 spiro atoms. The molecule has 17 nitrogen and oxygen atoms in total. The van der Waals surface area contributed by atoms with Gasteiger partial charge in [-0.05, 0) is 62.6 Å². The number of esters is 3. The van der Waals surface area contributed by atoms with Crippen LogP contribution in [0.2, 0.25) is 0 Å². The van der Waals surface area contributed by atoms with E-state index in [4.69, 9.17) is 37.9 Å². The molecule has 0 aliphatic carbocycles. The van der Waals surface area contributed by atoms with E-state index >= 15 is 0 Å². The molecule has 0 saturated carbocycles. The van der Waals surface area contributed by atoms with Crippen molar-refractivity contribution in [3.63, 3.8) is 0 Å². The van der Waals surface area contributed by atoms with Gasteiger partial charge in [-0.15, -0.1) is 0 Å². The summed E-state index contributed by atoms with van der Waals surface area (Å²) in [5.41, 5.74) is 1.95. The van der Waals surface area contributed by atoms with Gasteiger partial charge in [0.05, 0.1) is 38.5 Å². The number of unbranched alkanes of at least 4 members (excludes halogenated alkanes) is 2. The first-order chi connectivity index (χ1) is 30.1. The third-order valence-electron chi connectivity index (χ3n) is 10.7. The van der Waals surface area contributed by atoms with E-state index in [9.17, 15) is 34.2 Å². The topological polar surface area (TPSA) is 224 Å². The minimum Gasteiger partial charge on any atom is -0.505 e. The lowest BCUT2D eigenvalue weighted by molar-refractivity contribution is -0.175. The minimum atomic E-state index is -1.58. The maximum absolute atomic E-state index is 13.3. The Kier molecular flexibility index (Phi) is 15.9. The summed E-state index contributed by atoms with van der Waals surface area (Å²) in [6.45, 7) is 8.67. The minimum absolute atomic E-state index is 0.00114. The van der Waals surface area contributed by atoms with Gasteiger partial charge in [0.15, 0.2) is 36.0 Å². The van der Waals surface area contributed by atoms with Gasteiger partial charge in [-0.3, -0.25) is 19.2 Å². The number of para-hydroxylation sites is 1. The number of carbonyl (C=O) groups is 5. The highest BCUT2D eigenvalue weighted by Gasteiger charge is 2.46. The fourth-order valence-electron chi connectivity index (χ4n) is 7.34. The normalized spacial score (nSPS) is 22.3. The fourth-order valence-corrected chi connectivity index (χ4v) is 7.34. The molecule has 6 unspecified atom stereocenters. The Labute approximate surface area is 365 Å². The summed E-state index contributed by atoms with van der Waals surface area (Å²) in [6, 6.07) is 11.7. The highest BCUT2D eigenvalue weighted by molar-refractivity contribution is 6.01. The molecule has 2 amide bonds. The number of phenols is 1. The van der Waals surface area contributed by atoms with Gasteiger partial charge >= 0.3 is 17.9 Å². The number of phenolic OH excluding ortho intramolecular Hbond substituents is 1. The predicted molar refractivity (Wildman–Crippen MR) is 229 cm³/mol. The summed E-state index contributed by atoms with van der Waals surface area (Å²) in [7, 11) is 4.71. The van der Waals surface area contributed by atoms with Crippen molar-refractivity contribution < 1.29 is 72.1 Å². The third-order valence-corrected chi connectivity index (χ3v) is 10.7. The molecule has 1 fully saturated rings. The molecule has 3 aliphatic heterocycles. The number of cyclic esters (lactones) is 2. The second-order valence-electron chi connectivity index (χ2n) is 15.7. The summed E-state index contributed by atoms with van der Waals surface area (Å²) in [5.74, 6) is -2.94. The number of rotatable bonds is 14. The molecule has 3 aromatic rings. The quantitative estimate of drug-likeness (QED) is 0.0493. The monoisotopic (exact) mass is 876 g/mol. The number of fused-ring (bicyclic) bond motifs is 4. The number of anilines is 1. The van der Waals surface area contributed by atoms with Crippen LogP contribution in [0.3, 0.4) is 0 Å². The molecule has 17 heteroatoms. The lowest BCUT2D eigenvalue weighted by Crippen LogP contribution is -2.50. The molecule has 6 rings (SSSR count). The van der Waals surface area contributed by atoms with Crippen molar-refractivity contribution >= 4 is 47.6 Å². The molecule has 340 valence electrons. The smallest absolute Gasteiger partial charge is 0.332 e. The average molecular weight is 877 g/mol. The van der Waals surface area contributed by atoms with Gasteiger partial charge < -0.3 is 58.7 Å². The van der Waals surface area contributed by atoms with Gasteiger partial charge in [-0.1, -0.05) is 46.1 Å². The van der Waals surface area contributed by atoms with Gasteiger partial charge in [0.25, 0.3) is 11.7 Å². The molecule has 63 heavy (non-hydrogen) atoms. The lowest BCUT2D eigenvalue weighted by Gasteiger charge is -2.39. The maximum atomic E-state index is 13.3. The average Bonchev–Trinajstić information content (AvgIpc) is 3.27. The number of hydrogen-bond donors (Lipinski definition) is 4. The number of aromatic hydroxyl groups is 1. The number of amides is 2. The lowest BCUT2D eigenvalue weighted by atomic mass is 9.90. The van der Waals surface area contributed by atoms with Gasteiger partial charge in [-0.25, -0.2) is 4.79 Å². The molecule has 0 bridgehead atoms. The highest BCUT2D eigenvalue weighted by atomic mass is 16.7. The van der Waals surface area contributed by atoms with Crippen molar-refractivity contribution in [3.8, 4) is 34.5 Å². The zero-order chi connectivity index (χ0) is 46.0. The number of methoxy groups -OCH3 is 3. The van der Waals surface area contributed by atoms with Crippen LogP contribution in [-0.2, 0) is 33.4 Å². The first-order valence-electron chi connectivity index (χ1n) is 20.7. The van der Waals surface area contributed by atoms with E-state index < -0.39 is 65.6 Å². The highest BCUT2D eigenvalue weighted by Crippen LogP contribution is 2.49. The molecule has 0 radical (unpaired) electrons. The van der Waals surface area contributed by atoms with Crippen LogP contribution in [0, 0.1) is 11.8 Å². The molecule has 4 N–H and O–H groups in total. The number of aliphatic hydroxyl groups is 1. The Morgan fingerprint density at radius 1 is 0.937 bits per heavy atom. The molecular formula is C46H56N2O15. The Bertz CT molecular complexity index is 2190. The van der Waals surface area contributed by atoms with Crippen LogP contribution in [0.25, 0.3) is 11.6 Å². The van der Waals surface area contributed by atoms with Crippen molar-refractivity contribution in [1.82, 2.24) is 5.32 Å². The van der Waals surface area contributed by atoms with Gasteiger partial charge in [0.1, 0.15) is 29.5 Å². The third kappa shape index (κ3) is 11.1. The number of nitrogens with one attached hydrogen (secondary N) is 2. The Morgan fingerprint density at radius 3 is 2.32 bits per heavy atom. The van der Waals surface area contributed by atoms with E-state index in [-0.39, 0.29) is 30.2 Å². The van der Waals surface area contributed by atoms with Crippen molar-refractivity contribution in [2.24, 2.45) is 11.8 Å². The summed E-state index contributed by atoms with van der Waals surface area (Å²) in [4.78, 5) is 62.7. The van der Waals surface area contributed by atoms with E-state index in [1.165, 1.54) is 32.0 Å². The molecule has 6 atom stereocenters. The fraction of sp³-hybridized carbons (Fsp3) is 0.457. The van der Waals surface area contributed by atoms with Crippen LogP contribution in [0.4, 0.5) is 5.69 Å². The first-order valence-corrected chi connectivity index (χ1v) is 20.7. The molecule has 1 saturated heterocycles. The van der Waals surface area contributed by atoms with Gasteiger partial charge in [-0.2, -0.15) is 0 Å². The second kappa shape index (κ2) is 21.1. The molecule has 0 aromatic heterocycles. The predicted octanol–water partition coefficient (Wildman–Crippen LogP) is 5.82. The van der Waals surface area contributed by atoms with E-state index in [0.29, 0.717) is 59.1 Å². The summed E-state index contributed by atoms with van der Waals surface area (Å²) in [6.07, 6.45) is 1.96. The largest absolute Gasteiger partial charge is 0.505 e. The van der Waals surface area contributed by atoms with Crippen LogP contribution in [0.15, 0.2) is 48.5 Å². The Morgan fingerprint density at radius 2 is 1.65 bits per heavy atom. The zero-order valence-electron chi connectivity index (χ0n) is 36.7. The van der Waals surface area contributed by atoms with E-state index in [2.05, 4.69) is 10.6 Å². The number of benzene rings is 3. The SMILES string of the molecule is CCCCCC1C(=O)OC(C)C(NC(=O)c2cccc(NC=O)c2O)C(=O)OC(C)C1OC(=O)CC(C)C.COc1ccc2c(c1)OC1(O)COc3cc(OC)c(OC)cc3C1=C2. The molecule has 3 aliphatic rings. The number of hydrogen-bond acceptors (Lipinski definition) is 15. The van der Waals surface area contributed by atoms with E-state index in [1.807, 2.05) is 39.0 Å². The molecule has 3 heterocycles. The van der Waals surface area contributed by atoms with Crippen molar-refractivity contribution in [2.75, 3.05) is 33.3 Å². The zero-order valence-corrected chi connectivity index (χ0v) is 36.7. The second-order valence-corrected chi connectivity index (χ2v) is 15.7. The maximum Gasteiger partial charge on any atom is 0.332 e. The van der Waals surface area contributed by atoms with Crippen LogP contribution >= 0.6 is 0 Å². The van der Waals surface area contributed by atoms with Crippen molar-refractivity contribution in [3.05, 3.63) is 65.2 Å². The van der Waals surface area contributed by atoms with Crippen LogP contribution in [0.1, 0.15) is 88.2 Å². The van der Waals surface area contributed by atoms with E-state index in [0.717, 1.165) is 18.4 Å².